The van der Waals surface area contributed by atoms with Gasteiger partial charge in [-0.25, -0.2) is 0 Å². The van der Waals surface area contributed by atoms with Crippen LogP contribution in [-0.4, -0.2) is 5.11 Å². The van der Waals surface area contributed by atoms with Crippen molar-refractivity contribution < 1.29 is 9.52 Å². The van der Waals surface area contributed by atoms with Gasteiger partial charge >= 0.3 is 0 Å². The summed E-state index contributed by atoms with van der Waals surface area (Å²) < 4.78 is 5.86. The van der Waals surface area contributed by atoms with Crippen LogP contribution in [0.5, 0.6) is 0 Å². The molecule has 1 atom stereocenters. The standard InChI is InChI=1S/C18H15NO2/c1-12-5-3-7-14-10-16(21-17(12)14)18(2,20)15-8-4-6-13(9-15)11-19/h3-10,20H,1-2H3. The first kappa shape index (κ1) is 13.4. The molecule has 3 rings (SSSR count). The zero-order chi connectivity index (χ0) is 15.0. The third kappa shape index (κ3) is 2.20. The highest BCUT2D eigenvalue weighted by Crippen LogP contribution is 2.34. The highest BCUT2D eigenvalue weighted by molar-refractivity contribution is 5.81. The lowest BCUT2D eigenvalue weighted by Crippen LogP contribution is -2.22. The van der Waals surface area contributed by atoms with Crippen molar-refractivity contribution in [2.24, 2.45) is 0 Å². The molecule has 104 valence electrons. The van der Waals surface area contributed by atoms with Gasteiger partial charge in [0.15, 0.2) is 0 Å². The molecule has 0 aliphatic heterocycles. The lowest BCUT2D eigenvalue weighted by molar-refractivity contribution is 0.0786. The largest absolute Gasteiger partial charge is 0.457 e. The second-order valence-electron chi connectivity index (χ2n) is 5.37. The van der Waals surface area contributed by atoms with Crippen molar-refractivity contribution in [3.8, 4) is 6.07 Å². The first-order valence-corrected chi connectivity index (χ1v) is 6.75. The van der Waals surface area contributed by atoms with Gasteiger partial charge in [0, 0.05) is 5.39 Å². The number of furan rings is 1. The highest BCUT2D eigenvalue weighted by Gasteiger charge is 2.30. The van der Waals surface area contributed by atoms with E-state index in [0.717, 1.165) is 16.5 Å². The second kappa shape index (κ2) is 4.76. The number of fused-ring (bicyclic) bond motifs is 1. The molecule has 1 unspecified atom stereocenters. The molecule has 0 bridgehead atoms. The first-order chi connectivity index (χ1) is 10.0. The zero-order valence-corrected chi connectivity index (χ0v) is 11.9. The molecule has 21 heavy (non-hydrogen) atoms. The van der Waals surface area contributed by atoms with Crippen LogP contribution in [0, 0.1) is 18.3 Å². The van der Waals surface area contributed by atoms with E-state index in [4.69, 9.17) is 9.68 Å². The van der Waals surface area contributed by atoms with E-state index in [0.29, 0.717) is 16.9 Å². The van der Waals surface area contributed by atoms with Crippen LogP contribution in [0.3, 0.4) is 0 Å². The van der Waals surface area contributed by atoms with Crippen molar-refractivity contribution >= 4 is 11.0 Å². The number of nitriles is 1. The van der Waals surface area contributed by atoms with E-state index in [1.54, 1.807) is 31.2 Å². The Bertz CT molecular complexity index is 853. The van der Waals surface area contributed by atoms with Crippen molar-refractivity contribution in [3.63, 3.8) is 0 Å². The minimum absolute atomic E-state index is 0.474. The normalized spacial score (nSPS) is 13.8. The summed E-state index contributed by atoms with van der Waals surface area (Å²) >= 11 is 0. The quantitative estimate of drug-likeness (QED) is 0.773. The second-order valence-corrected chi connectivity index (χ2v) is 5.37. The molecule has 0 fully saturated rings. The fraction of sp³-hybridized carbons (Fsp3) is 0.167. The van der Waals surface area contributed by atoms with Crippen LogP contribution in [0.2, 0.25) is 0 Å². The topological polar surface area (TPSA) is 57.2 Å². The smallest absolute Gasteiger partial charge is 0.144 e. The number of hydrogen-bond donors (Lipinski definition) is 1. The molecule has 0 spiro atoms. The summed E-state index contributed by atoms with van der Waals surface area (Å²) in [6.07, 6.45) is 0. The molecule has 0 amide bonds. The van der Waals surface area contributed by atoms with Crippen LogP contribution in [0.15, 0.2) is 52.9 Å². The van der Waals surface area contributed by atoms with E-state index < -0.39 is 5.60 Å². The summed E-state index contributed by atoms with van der Waals surface area (Å²) in [6, 6.07) is 16.8. The maximum atomic E-state index is 10.9. The molecule has 0 aliphatic carbocycles. The average Bonchev–Trinajstić information content (AvgIpc) is 2.94. The summed E-state index contributed by atoms with van der Waals surface area (Å²) in [5.41, 5.74) is 1.68. The van der Waals surface area contributed by atoms with Gasteiger partial charge in [0.2, 0.25) is 0 Å². The first-order valence-electron chi connectivity index (χ1n) is 6.75. The molecule has 3 nitrogen and oxygen atoms in total. The van der Waals surface area contributed by atoms with E-state index >= 15 is 0 Å². The van der Waals surface area contributed by atoms with Crippen molar-refractivity contribution in [2.75, 3.05) is 0 Å². The highest BCUT2D eigenvalue weighted by atomic mass is 16.4. The van der Waals surface area contributed by atoms with Crippen LogP contribution >= 0.6 is 0 Å². The predicted octanol–water partition coefficient (Wildman–Crippen LogP) is 3.87. The Labute approximate surface area is 123 Å². The van der Waals surface area contributed by atoms with Gasteiger partial charge in [0.1, 0.15) is 16.9 Å². The lowest BCUT2D eigenvalue weighted by atomic mass is 9.92. The van der Waals surface area contributed by atoms with Crippen LogP contribution in [-0.2, 0) is 5.60 Å². The Morgan fingerprint density at radius 3 is 2.62 bits per heavy atom. The molecular weight excluding hydrogens is 262 g/mol. The van der Waals surface area contributed by atoms with E-state index in [1.807, 2.05) is 31.2 Å². The summed E-state index contributed by atoms with van der Waals surface area (Å²) in [6.45, 7) is 3.65. The molecule has 0 aliphatic rings. The SMILES string of the molecule is Cc1cccc2cc(C(C)(O)c3cccc(C#N)c3)oc12. The van der Waals surface area contributed by atoms with Gasteiger partial charge in [-0.2, -0.15) is 5.26 Å². The van der Waals surface area contributed by atoms with Gasteiger partial charge in [-0.15, -0.1) is 0 Å². The van der Waals surface area contributed by atoms with E-state index in [9.17, 15) is 5.11 Å². The van der Waals surface area contributed by atoms with Crippen molar-refractivity contribution in [1.82, 2.24) is 0 Å². The van der Waals surface area contributed by atoms with Crippen molar-refractivity contribution in [2.45, 2.75) is 19.4 Å². The van der Waals surface area contributed by atoms with Crippen LogP contribution in [0.1, 0.15) is 29.4 Å². The fourth-order valence-electron chi connectivity index (χ4n) is 2.48. The molecule has 3 aromatic rings. The van der Waals surface area contributed by atoms with Gasteiger partial charge in [-0.05, 0) is 43.2 Å². The van der Waals surface area contributed by atoms with Gasteiger partial charge in [0.05, 0.1) is 11.6 Å². The number of aliphatic hydroxyl groups is 1. The zero-order valence-electron chi connectivity index (χ0n) is 11.9. The molecule has 0 radical (unpaired) electrons. The monoisotopic (exact) mass is 277 g/mol. The Morgan fingerprint density at radius 1 is 1.14 bits per heavy atom. The Kier molecular flexibility index (Phi) is 3.04. The number of para-hydroxylation sites is 1. The predicted molar refractivity (Wildman–Crippen MR) is 80.8 cm³/mol. The molecule has 0 saturated heterocycles. The molecule has 1 N–H and O–H groups in total. The van der Waals surface area contributed by atoms with Crippen LogP contribution in [0.4, 0.5) is 0 Å². The maximum Gasteiger partial charge on any atom is 0.144 e. The van der Waals surface area contributed by atoms with E-state index in [-0.39, 0.29) is 0 Å². The third-order valence-corrected chi connectivity index (χ3v) is 3.77. The number of aryl methyl sites for hydroxylation is 1. The van der Waals surface area contributed by atoms with Gasteiger partial charge in [-0.3, -0.25) is 0 Å². The number of hydrogen-bond acceptors (Lipinski definition) is 3. The van der Waals surface area contributed by atoms with E-state index in [1.165, 1.54) is 0 Å². The Balaban J connectivity index is 2.15. The molecular formula is C18H15NO2. The Morgan fingerprint density at radius 2 is 1.90 bits per heavy atom. The fourth-order valence-corrected chi connectivity index (χ4v) is 2.48. The Hall–Kier alpha value is -2.57. The van der Waals surface area contributed by atoms with Crippen molar-refractivity contribution in [1.29, 1.82) is 5.26 Å². The minimum Gasteiger partial charge on any atom is -0.457 e. The van der Waals surface area contributed by atoms with Crippen LogP contribution in [0.25, 0.3) is 11.0 Å². The number of benzene rings is 2. The molecule has 3 heteroatoms. The van der Waals surface area contributed by atoms with Crippen LogP contribution < -0.4 is 0 Å². The summed E-state index contributed by atoms with van der Waals surface area (Å²) in [4.78, 5) is 0. The molecule has 1 aromatic heterocycles. The summed E-state index contributed by atoms with van der Waals surface area (Å²) in [5, 5.41) is 20.8. The lowest BCUT2D eigenvalue weighted by Gasteiger charge is -2.21. The van der Waals surface area contributed by atoms with Gasteiger partial charge in [0.25, 0.3) is 0 Å². The number of rotatable bonds is 2. The third-order valence-electron chi connectivity index (χ3n) is 3.77. The van der Waals surface area contributed by atoms with E-state index in [2.05, 4.69) is 6.07 Å². The average molecular weight is 277 g/mol. The minimum atomic E-state index is -1.28. The molecule has 2 aromatic carbocycles. The summed E-state index contributed by atoms with van der Waals surface area (Å²) in [7, 11) is 0. The van der Waals surface area contributed by atoms with Crippen molar-refractivity contribution in [3.05, 3.63) is 71.0 Å². The number of nitrogens with zero attached hydrogens (tertiary/aromatic N) is 1. The molecule has 1 heterocycles. The van der Waals surface area contributed by atoms with Gasteiger partial charge < -0.3 is 9.52 Å². The van der Waals surface area contributed by atoms with Gasteiger partial charge in [-0.1, -0.05) is 30.3 Å². The molecule has 0 saturated carbocycles. The maximum absolute atomic E-state index is 10.9. The summed E-state index contributed by atoms with van der Waals surface area (Å²) in [5.74, 6) is 0.474.